The van der Waals surface area contributed by atoms with E-state index in [1.807, 2.05) is 13.1 Å². The van der Waals surface area contributed by atoms with Crippen LogP contribution in [0.15, 0.2) is 17.6 Å². The van der Waals surface area contributed by atoms with Crippen molar-refractivity contribution in [2.45, 2.75) is 31.7 Å². The Balaban J connectivity index is 1.80. The summed E-state index contributed by atoms with van der Waals surface area (Å²) in [7, 11) is 3.51. The summed E-state index contributed by atoms with van der Waals surface area (Å²) < 4.78 is 7.03. The number of hydrogen-bond acceptors (Lipinski definition) is 4. The Morgan fingerprint density at radius 2 is 2.32 bits per heavy atom. The molecule has 0 radical (unpaired) electrons. The van der Waals surface area contributed by atoms with Crippen LogP contribution in [0.4, 0.5) is 0 Å². The van der Waals surface area contributed by atoms with Crippen molar-refractivity contribution >= 4 is 17.2 Å². The van der Waals surface area contributed by atoms with Crippen LogP contribution >= 0.6 is 11.3 Å². The van der Waals surface area contributed by atoms with Crippen LogP contribution in [0, 0.1) is 0 Å². The molecule has 6 heteroatoms. The van der Waals surface area contributed by atoms with Gasteiger partial charge in [-0.2, -0.15) is 5.10 Å². The molecule has 22 heavy (non-hydrogen) atoms. The quantitative estimate of drug-likeness (QED) is 0.921. The highest BCUT2D eigenvalue weighted by molar-refractivity contribution is 7.12. The first-order valence-corrected chi connectivity index (χ1v) is 8.45. The van der Waals surface area contributed by atoms with Gasteiger partial charge >= 0.3 is 0 Å². The molecule has 1 N–H and O–H groups in total. The normalized spacial score (nSPS) is 15.4. The summed E-state index contributed by atoms with van der Waals surface area (Å²) in [6.07, 6.45) is 6.25. The fourth-order valence-corrected chi connectivity index (χ4v) is 4.09. The molecule has 2 heterocycles. The number of aromatic nitrogens is 2. The summed E-state index contributed by atoms with van der Waals surface area (Å²) in [5, 5.41) is 9.41. The second-order valence-corrected chi connectivity index (χ2v) is 6.52. The predicted octanol–water partition coefficient (Wildman–Crippen LogP) is 2.48. The minimum Gasteiger partial charge on any atom is -0.382 e. The minimum absolute atomic E-state index is 0.00333. The van der Waals surface area contributed by atoms with Crippen LogP contribution in [-0.4, -0.2) is 29.4 Å². The third-order valence-electron chi connectivity index (χ3n) is 4.16. The van der Waals surface area contributed by atoms with Gasteiger partial charge in [0, 0.05) is 20.4 Å². The average molecular weight is 319 g/mol. The number of hydrogen-bond donors (Lipinski definition) is 1. The Labute approximate surface area is 134 Å². The Morgan fingerprint density at radius 3 is 3.05 bits per heavy atom. The van der Waals surface area contributed by atoms with Crippen molar-refractivity contribution in [3.8, 4) is 0 Å². The zero-order chi connectivity index (χ0) is 15.5. The van der Waals surface area contributed by atoms with Crippen molar-refractivity contribution in [3.05, 3.63) is 39.3 Å². The van der Waals surface area contributed by atoms with Gasteiger partial charge < -0.3 is 10.1 Å². The molecule has 0 fully saturated rings. The number of aryl methyl sites for hydroxylation is 2. The number of rotatable bonds is 5. The molecule has 1 amide bonds. The van der Waals surface area contributed by atoms with E-state index in [0.717, 1.165) is 23.4 Å². The highest BCUT2D eigenvalue weighted by Crippen LogP contribution is 2.30. The molecule has 1 aliphatic rings. The molecule has 118 valence electrons. The summed E-state index contributed by atoms with van der Waals surface area (Å²) in [4.78, 5) is 13.5. The maximum Gasteiger partial charge on any atom is 0.262 e. The maximum atomic E-state index is 12.7. The molecule has 0 spiro atoms. The zero-order valence-corrected chi connectivity index (χ0v) is 13.8. The second kappa shape index (κ2) is 6.62. The molecule has 0 saturated carbocycles. The third kappa shape index (κ3) is 2.94. The number of nitrogens with one attached hydrogen (secondary N) is 1. The monoisotopic (exact) mass is 319 g/mol. The first kappa shape index (κ1) is 15.2. The Morgan fingerprint density at radius 1 is 1.50 bits per heavy atom. The van der Waals surface area contributed by atoms with Crippen molar-refractivity contribution in [1.29, 1.82) is 0 Å². The fraction of sp³-hybridized carbons (Fsp3) is 0.500. The molecule has 1 aliphatic carbocycles. The number of carbonyl (C=O) groups excluding carboxylic acids is 1. The van der Waals surface area contributed by atoms with E-state index in [0.29, 0.717) is 6.61 Å². The van der Waals surface area contributed by atoms with Crippen LogP contribution in [0.1, 0.15) is 45.4 Å². The van der Waals surface area contributed by atoms with E-state index in [-0.39, 0.29) is 11.9 Å². The van der Waals surface area contributed by atoms with E-state index in [2.05, 4.69) is 15.8 Å². The van der Waals surface area contributed by atoms with Gasteiger partial charge in [-0.1, -0.05) is 0 Å². The van der Waals surface area contributed by atoms with E-state index in [9.17, 15) is 4.79 Å². The van der Waals surface area contributed by atoms with Crippen LogP contribution in [0.2, 0.25) is 0 Å². The summed E-state index contributed by atoms with van der Waals surface area (Å²) >= 11 is 1.56. The number of ether oxygens (including phenoxy) is 1. The first-order valence-electron chi connectivity index (χ1n) is 7.57. The Bertz CT molecular complexity index is 662. The van der Waals surface area contributed by atoms with Gasteiger partial charge in [0.1, 0.15) is 0 Å². The minimum atomic E-state index is -0.189. The zero-order valence-electron chi connectivity index (χ0n) is 13.0. The van der Waals surface area contributed by atoms with Gasteiger partial charge in [-0.05, 0) is 48.3 Å². The van der Waals surface area contributed by atoms with Gasteiger partial charge in [-0.3, -0.25) is 9.48 Å². The SMILES string of the molecule is COC[C@@H](NC(=O)c1scc2c1CCCC2)c1ccnn1C. The molecular formula is C16H21N3O2S. The van der Waals surface area contributed by atoms with E-state index < -0.39 is 0 Å². The van der Waals surface area contributed by atoms with Gasteiger partial charge in [0.2, 0.25) is 0 Å². The molecule has 0 bridgehead atoms. The molecule has 0 aromatic carbocycles. The summed E-state index contributed by atoms with van der Waals surface area (Å²) in [6, 6.07) is 1.72. The van der Waals surface area contributed by atoms with Crippen molar-refractivity contribution in [2.24, 2.45) is 7.05 Å². The number of amides is 1. The third-order valence-corrected chi connectivity index (χ3v) is 5.23. The molecular weight excluding hydrogens is 298 g/mol. The number of methoxy groups -OCH3 is 1. The van der Waals surface area contributed by atoms with Crippen LogP contribution in [0.5, 0.6) is 0 Å². The molecule has 0 unspecified atom stereocenters. The highest BCUT2D eigenvalue weighted by Gasteiger charge is 2.24. The van der Waals surface area contributed by atoms with E-state index in [4.69, 9.17) is 4.74 Å². The van der Waals surface area contributed by atoms with Gasteiger partial charge in [0.05, 0.1) is 23.2 Å². The lowest BCUT2D eigenvalue weighted by molar-refractivity contribution is 0.0895. The molecule has 0 aliphatic heterocycles. The van der Waals surface area contributed by atoms with Crippen molar-refractivity contribution in [2.75, 3.05) is 13.7 Å². The topological polar surface area (TPSA) is 56.1 Å². The van der Waals surface area contributed by atoms with Gasteiger partial charge in [-0.15, -0.1) is 11.3 Å². The Kier molecular flexibility index (Phi) is 4.59. The lowest BCUT2D eigenvalue weighted by Crippen LogP contribution is -2.32. The van der Waals surface area contributed by atoms with Crippen LogP contribution in [0.25, 0.3) is 0 Å². The number of nitrogens with zero attached hydrogens (tertiary/aromatic N) is 2. The van der Waals surface area contributed by atoms with E-state index >= 15 is 0 Å². The average Bonchev–Trinajstić information content (AvgIpc) is 3.12. The van der Waals surface area contributed by atoms with Crippen molar-refractivity contribution in [1.82, 2.24) is 15.1 Å². The van der Waals surface area contributed by atoms with Crippen molar-refractivity contribution < 1.29 is 9.53 Å². The molecule has 1 atom stereocenters. The first-order chi connectivity index (χ1) is 10.7. The molecule has 3 rings (SSSR count). The lowest BCUT2D eigenvalue weighted by atomic mass is 9.94. The summed E-state index contributed by atoms with van der Waals surface area (Å²) in [6.45, 7) is 0.429. The Hall–Kier alpha value is -1.66. The number of fused-ring (bicyclic) bond motifs is 1. The maximum absolute atomic E-state index is 12.7. The van der Waals surface area contributed by atoms with E-state index in [1.165, 1.54) is 24.0 Å². The second-order valence-electron chi connectivity index (χ2n) is 5.64. The molecule has 5 nitrogen and oxygen atoms in total. The van der Waals surface area contributed by atoms with Gasteiger partial charge in [-0.25, -0.2) is 0 Å². The van der Waals surface area contributed by atoms with Crippen LogP contribution < -0.4 is 5.32 Å². The highest BCUT2D eigenvalue weighted by atomic mass is 32.1. The standard InChI is InChI=1S/C16H21N3O2S/c1-19-14(7-8-17-19)13(9-21-2)18-16(20)15-12-6-4-3-5-11(12)10-22-15/h7-8,10,13H,3-6,9H2,1-2H3,(H,18,20)/t13-/m1/s1. The van der Waals surface area contributed by atoms with E-state index in [1.54, 1.807) is 29.3 Å². The lowest BCUT2D eigenvalue weighted by Gasteiger charge is -2.19. The van der Waals surface area contributed by atoms with Crippen LogP contribution in [0.3, 0.4) is 0 Å². The molecule has 0 saturated heterocycles. The largest absolute Gasteiger partial charge is 0.382 e. The molecule has 2 aromatic heterocycles. The molecule has 2 aromatic rings. The fourth-order valence-electron chi connectivity index (χ4n) is 3.03. The summed E-state index contributed by atoms with van der Waals surface area (Å²) in [5.41, 5.74) is 3.54. The smallest absolute Gasteiger partial charge is 0.262 e. The van der Waals surface area contributed by atoms with Gasteiger partial charge in [0.15, 0.2) is 0 Å². The summed E-state index contributed by atoms with van der Waals surface area (Å²) in [5.74, 6) is -0.00333. The number of thiophene rings is 1. The van der Waals surface area contributed by atoms with Gasteiger partial charge in [0.25, 0.3) is 5.91 Å². The van der Waals surface area contributed by atoms with Crippen LogP contribution in [-0.2, 0) is 24.6 Å². The van der Waals surface area contributed by atoms with Crippen molar-refractivity contribution in [3.63, 3.8) is 0 Å². The predicted molar refractivity (Wildman–Crippen MR) is 86.3 cm³/mol. The number of carbonyl (C=O) groups is 1.